The van der Waals surface area contributed by atoms with Crippen LogP contribution in [-0.2, 0) is 41.5 Å². The molecule has 3 aromatic rings. The molecule has 1 saturated heterocycles. The van der Waals surface area contributed by atoms with E-state index < -0.39 is 47.9 Å². The molecule has 1 aliphatic rings. The molecule has 0 aliphatic carbocycles. The maximum absolute atomic E-state index is 13.3. The lowest BCUT2D eigenvalue weighted by Crippen LogP contribution is -2.57. The number of aryl methyl sites for hydroxylation is 1. The van der Waals surface area contributed by atoms with E-state index in [1.165, 1.54) is 4.90 Å². The molecule has 2 heterocycles. The number of nitrogens with one attached hydrogen (secondary N) is 2. The molecular weight excluding hydrogens is 544 g/mol. The number of rotatable bonds is 8. The van der Waals surface area contributed by atoms with Gasteiger partial charge in [-0.1, -0.05) is 31.2 Å². The number of likely N-dealkylation sites (N-methyl/N-ethyl adjacent to an activating group) is 1. The first-order valence-electron chi connectivity index (χ1n) is 12.3. The smallest absolute Gasteiger partial charge is 0.375 e. The van der Waals surface area contributed by atoms with E-state index in [2.05, 4.69) is 15.2 Å². The van der Waals surface area contributed by atoms with Crippen molar-refractivity contribution in [3.8, 4) is 0 Å². The number of amides is 1. The Morgan fingerprint density at radius 1 is 0.975 bits per heavy atom. The number of ether oxygens (including phenoxy) is 1. The van der Waals surface area contributed by atoms with Crippen LogP contribution < -0.4 is 5.69 Å². The van der Waals surface area contributed by atoms with Crippen molar-refractivity contribution in [1.82, 2.24) is 25.0 Å². The lowest BCUT2D eigenvalue weighted by atomic mass is 9.93. The number of aromatic nitrogens is 3. The molecule has 1 aromatic heterocycles. The van der Waals surface area contributed by atoms with Crippen molar-refractivity contribution in [1.29, 1.82) is 0 Å². The van der Waals surface area contributed by atoms with E-state index in [0.29, 0.717) is 18.0 Å². The summed E-state index contributed by atoms with van der Waals surface area (Å²) in [5.41, 5.74) is -1.80. The van der Waals surface area contributed by atoms with Crippen molar-refractivity contribution in [2.24, 2.45) is 0 Å². The summed E-state index contributed by atoms with van der Waals surface area (Å²) < 4.78 is 85.3. The van der Waals surface area contributed by atoms with E-state index in [4.69, 9.17) is 4.74 Å². The SMILES string of the molecule is CCc1ccc([C@H]2[C@@H](COCc3cc(C(F)(F)F)cc(C(F)(F)F)c3)N(C)C(=O)CN2Cc2n[nH]c(=O)[nH]2)cc1. The van der Waals surface area contributed by atoms with E-state index >= 15 is 0 Å². The zero-order valence-electron chi connectivity index (χ0n) is 21.6. The van der Waals surface area contributed by atoms with Crippen LogP contribution in [0.3, 0.4) is 0 Å². The zero-order chi connectivity index (χ0) is 29.2. The van der Waals surface area contributed by atoms with Gasteiger partial charge in [0.25, 0.3) is 0 Å². The summed E-state index contributed by atoms with van der Waals surface area (Å²) >= 11 is 0. The summed E-state index contributed by atoms with van der Waals surface area (Å²) in [6.07, 6.45) is -9.16. The Morgan fingerprint density at radius 2 is 1.60 bits per heavy atom. The molecule has 0 unspecified atom stereocenters. The lowest BCUT2D eigenvalue weighted by Gasteiger charge is -2.45. The number of alkyl halides is 6. The molecule has 4 rings (SSSR count). The van der Waals surface area contributed by atoms with Gasteiger partial charge in [0.1, 0.15) is 5.82 Å². The Balaban J connectivity index is 1.62. The number of nitrogens with zero attached hydrogens (tertiary/aromatic N) is 3. The minimum Gasteiger partial charge on any atom is -0.375 e. The Hall–Kier alpha value is -3.65. The van der Waals surface area contributed by atoms with Crippen molar-refractivity contribution in [2.75, 3.05) is 20.2 Å². The lowest BCUT2D eigenvalue weighted by molar-refractivity contribution is -0.146. The average Bonchev–Trinajstić information content (AvgIpc) is 3.30. The highest BCUT2D eigenvalue weighted by Crippen LogP contribution is 2.37. The Labute approximate surface area is 224 Å². The molecule has 1 fully saturated rings. The fourth-order valence-electron chi connectivity index (χ4n) is 4.74. The molecule has 0 bridgehead atoms. The van der Waals surface area contributed by atoms with Crippen molar-refractivity contribution < 1.29 is 35.9 Å². The minimum absolute atomic E-state index is 0.0232. The summed E-state index contributed by atoms with van der Waals surface area (Å²) in [6.45, 7) is 1.34. The van der Waals surface area contributed by atoms with Crippen LogP contribution in [0.15, 0.2) is 47.3 Å². The number of hydrogen-bond acceptors (Lipinski definition) is 5. The number of carbonyl (C=O) groups excluding carboxylic acids is 1. The van der Waals surface area contributed by atoms with E-state index in [9.17, 15) is 35.9 Å². The number of aromatic amines is 2. The number of piperazine rings is 1. The van der Waals surface area contributed by atoms with Crippen LogP contribution in [0.4, 0.5) is 26.3 Å². The van der Waals surface area contributed by atoms with Gasteiger partial charge in [-0.25, -0.2) is 9.89 Å². The second-order valence-corrected chi connectivity index (χ2v) is 9.57. The van der Waals surface area contributed by atoms with Gasteiger partial charge in [0, 0.05) is 7.05 Å². The summed E-state index contributed by atoms with van der Waals surface area (Å²) in [4.78, 5) is 30.3. The third-order valence-electron chi connectivity index (χ3n) is 6.82. The van der Waals surface area contributed by atoms with Crippen LogP contribution in [0.2, 0.25) is 0 Å². The molecule has 2 aromatic carbocycles. The third kappa shape index (κ3) is 6.73. The predicted octanol–water partition coefficient (Wildman–Crippen LogP) is 4.30. The average molecular weight is 572 g/mol. The fraction of sp³-hybridized carbons (Fsp3) is 0.423. The third-order valence-corrected chi connectivity index (χ3v) is 6.82. The summed E-state index contributed by atoms with van der Waals surface area (Å²) in [5.74, 6) is 0.00665. The van der Waals surface area contributed by atoms with Crippen LogP contribution in [0.25, 0.3) is 0 Å². The largest absolute Gasteiger partial charge is 0.416 e. The maximum Gasteiger partial charge on any atom is 0.416 e. The Bertz CT molecular complexity index is 1350. The number of halogens is 6. The Kier molecular flexibility index (Phi) is 8.40. The molecule has 0 spiro atoms. The van der Waals surface area contributed by atoms with Gasteiger partial charge in [-0.3, -0.25) is 14.7 Å². The highest BCUT2D eigenvalue weighted by atomic mass is 19.4. The van der Waals surface area contributed by atoms with Crippen LogP contribution in [0.1, 0.15) is 46.6 Å². The molecule has 0 saturated carbocycles. The van der Waals surface area contributed by atoms with Gasteiger partial charge in [-0.15, -0.1) is 0 Å². The Morgan fingerprint density at radius 3 is 2.12 bits per heavy atom. The van der Waals surface area contributed by atoms with Crippen molar-refractivity contribution in [3.63, 3.8) is 0 Å². The second kappa shape index (κ2) is 11.5. The van der Waals surface area contributed by atoms with Crippen LogP contribution in [-0.4, -0.2) is 57.1 Å². The van der Waals surface area contributed by atoms with E-state index in [1.54, 1.807) is 11.9 Å². The first-order valence-corrected chi connectivity index (χ1v) is 12.3. The molecule has 40 heavy (non-hydrogen) atoms. The van der Waals surface area contributed by atoms with Crippen molar-refractivity contribution in [2.45, 2.75) is 50.9 Å². The fourth-order valence-corrected chi connectivity index (χ4v) is 4.74. The van der Waals surface area contributed by atoms with Gasteiger partial charge in [0.05, 0.1) is 49.5 Å². The first-order chi connectivity index (χ1) is 18.8. The topological polar surface area (TPSA) is 94.3 Å². The van der Waals surface area contributed by atoms with E-state index in [1.807, 2.05) is 31.2 Å². The maximum atomic E-state index is 13.3. The highest BCUT2D eigenvalue weighted by Gasteiger charge is 2.41. The predicted molar refractivity (Wildman–Crippen MR) is 131 cm³/mol. The molecule has 216 valence electrons. The summed E-state index contributed by atoms with van der Waals surface area (Å²) in [7, 11) is 1.56. The molecule has 1 aliphatic heterocycles. The van der Waals surface area contributed by atoms with Gasteiger partial charge in [-0.05, 0) is 41.3 Å². The quantitative estimate of drug-likeness (QED) is 0.394. The van der Waals surface area contributed by atoms with Gasteiger partial charge in [0.15, 0.2) is 0 Å². The van der Waals surface area contributed by atoms with Gasteiger partial charge < -0.3 is 9.64 Å². The molecule has 1 amide bonds. The number of benzene rings is 2. The minimum atomic E-state index is -4.98. The number of carbonyl (C=O) groups is 1. The van der Waals surface area contributed by atoms with E-state index in [-0.39, 0.29) is 37.2 Å². The number of H-pyrrole nitrogens is 2. The second-order valence-electron chi connectivity index (χ2n) is 9.57. The molecular formula is C26H27F6N5O3. The summed E-state index contributed by atoms with van der Waals surface area (Å²) in [6, 6.07) is 7.79. The molecule has 8 nitrogen and oxygen atoms in total. The van der Waals surface area contributed by atoms with Gasteiger partial charge in [0.2, 0.25) is 5.91 Å². The normalized spacial score (nSPS) is 18.9. The standard InChI is InChI=1S/C26H27F6N5O3/c1-3-15-4-6-17(7-5-15)23-20(36(2)22(38)12-37(23)11-21-33-24(39)35-34-21)14-40-13-16-8-18(25(27,28)29)10-19(9-16)26(30,31)32/h4-10,20,23H,3,11-14H2,1-2H3,(H2,33,34,35,39)/t20-,23+/m1/s1. The van der Waals surface area contributed by atoms with Crippen LogP contribution in [0.5, 0.6) is 0 Å². The van der Waals surface area contributed by atoms with Gasteiger partial charge >= 0.3 is 18.0 Å². The number of hydrogen-bond donors (Lipinski definition) is 2. The highest BCUT2D eigenvalue weighted by molar-refractivity contribution is 5.79. The first kappa shape index (κ1) is 29.3. The van der Waals surface area contributed by atoms with E-state index in [0.717, 1.165) is 17.5 Å². The molecule has 2 N–H and O–H groups in total. The molecule has 14 heteroatoms. The molecule has 2 atom stereocenters. The summed E-state index contributed by atoms with van der Waals surface area (Å²) in [5, 5.41) is 6.19. The zero-order valence-corrected chi connectivity index (χ0v) is 21.6. The van der Waals surface area contributed by atoms with Gasteiger partial charge in [-0.2, -0.15) is 31.4 Å². The van der Waals surface area contributed by atoms with Crippen molar-refractivity contribution >= 4 is 5.91 Å². The molecule has 0 radical (unpaired) electrons. The monoisotopic (exact) mass is 571 g/mol. The van der Waals surface area contributed by atoms with Crippen LogP contribution in [0, 0.1) is 0 Å². The van der Waals surface area contributed by atoms with Crippen LogP contribution >= 0.6 is 0 Å². The van der Waals surface area contributed by atoms with Crippen molar-refractivity contribution in [3.05, 3.63) is 86.6 Å².